The third kappa shape index (κ3) is 6.34. The van der Waals surface area contributed by atoms with Gasteiger partial charge in [0.25, 0.3) is 5.91 Å². The van der Waals surface area contributed by atoms with Gasteiger partial charge < -0.3 is 15.0 Å². The van der Waals surface area contributed by atoms with Gasteiger partial charge in [-0.1, -0.05) is 0 Å². The normalized spacial score (nSPS) is 15.8. The van der Waals surface area contributed by atoms with Gasteiger partial charge in [-0.3, -0.25) is 9.69 Å². The predicted molar refractivity (Wildman–Crippen MR) is 93.0 cm³/mol. The van der Waals surface area contributed by atoms with Crippen molar-refractivity contribution in [3.63, 3.8) is 0 Å². The minimum atomic E-state index is -0.487. The summed E-state index contributed by atoms with van der Waals surface area (Å²) in [5.74, 6) is -0.577. The second-order valence-electron chi connectivity index (χ2n) is 7.07. The van der Waals surface area contributed by atoms with Crippen molar-refractivity contribution in [2.45, 2.75) is 26.4 Å². The van der Waals surface area contributed by atoms with Gasteiger partial charge in [-0.2, -0.15) is 0 Å². The molecular formula is C18H26FN3O3. The van der Waals surface area contributed by atoms with Crippen LogP contribution in [0.3, 0.4) is 0 Å². The quantitative estimate of drug-likeness (QED) is 0.902. The van der Waals surface area contributed by atoms with E-state index in [2.05, 4.69) is 10.2 Å². The highest BCUT2D eigenvalue weighted by Crippen LogP contribution is 2.11. The zero-order valence-corrected chi connectivity index (χ0v) is 15.0. The van der Waals surface area contributed by atoms with Crippen LogP contribution in [0.1, 0.15) is 31.1 Å². The molecular weight excluding hydrogens is 325 g/mol. The molecule has 0 unspecified atom stereocenters. The maximum Gasteiger partial charge on any atom is 0.410 e. The fourth-order valence-electron chi connectivity index (χ4n) is 2.51. The highest BCUT2D eigenvalue weighted by atomic mass is 19.1. The molecule has 1 aliphatic rings. The van der Waals surface area contributed by atoms with Gasteiger partial charge in [-0.05, 0) is 45.0 Å². The summed E-state index contributed by atoms with van der Waals surface area (Å²) in [5.41, 5.74) is -0.0464. The van der Waals surface area contributed by atoms with Gasteiger partial charge >= 0.3 is 6.09 Å². The first-order valence-electron chi connectivity index (χ1n) is 8.49. The van der Waals surface area contributed by atoms with E-state index in [1.807, 2.05) is 20.8 Å². The van der Waals surface area contributed by atoms with E-state index >= 15 is 0 Å². The van der Waals surface area contributed by atoms with Crippen LogP contribution in [0.2, 0.25) is 0 Å². The second-order valence-corrected chi connectivity index (χ2v) is 7.07. The van der Waals surface area contributed by atoms with Gasteiger partial charge in [0.2, 0.25) is 0 Å². The number of amides is 2. The summed E-state index contributed by atoms with van der Waals surface area (Å²) < 4.78 is 18.2. The number of hydrogen-bond acceptors (Lipinski definition) is 4. The zero-order chi connectivity index (χ0) is 18.4. The summed E-state index contributed by atoms with van der Waals surface area (Å²) in [6.45, 7) is 9.47. The molecule has 1 N–H and O–H groups in total. The van der Waals surface area contributed by atoms with Crippen molar-refractivity contribution in [3.8, 4) is 0 Å². The maximum absolute atomic E-state index is 12.8. The Morgan fingerprint density at radius 2 is 1.72 bits per heavy atom. The summed E-state index contributed by atoms with van der Waals surface area (Å²) in [5, 5.41) is 2.82. The van der Waals surface area contributed by atoms with E-state index < -0.39 is 5.60 Å². The third-order valence-electron chi connectivity index (χ3n) is 3.84. The second kappa shape index (κ2) is 8.29. The third-order valence-corrected chi connectivity index (χ3v) is 3.84. The van der Waals surface area contributed by atoms with Crippen LogP contribution in [-0.2, 0) is 4.74 Å². The summed E-state index contributed by atoms with van der Waals surface area (Å²) in [7, 11) is 0. The molecule has 1 saturated heterocycles. The molecule has 138 valence electrons. The van der Waals surface area contributed by atoms with Crippen molar-refractivity contribution in [1.29, 1.82) is 0 Å². The standard InChI is InChI=1S/C18H26FN3O3/c1-18(2,3)25-17(24)22-12-10-21(11-13-22)9-8-20-16(23)14-4-6-15(19)7-5-14/h4-7H,8-13H2,1-3H3,(H,20,23). The molecule has 0 spiro atoms. The van der Waals surface area contributed by atoms with Crippen LogP contribution in [0.15, 0.2) is 24.3 Å². The Hall–Kier alpha value is -2.15. The molecule has 1 aromatic carbocycles. The molecule has 1 aliphatic heterocycles. The Labute approximate surface area is 147 Å². The average Bonchev–Trinajstić information content (AvgIpc) is 2.54. The van der Waals surface area contributed by atoms with Crippen LogP contribution in [-0.4, -0.2) is 66.7 Å². The molecule has 0 atom stereocenters. The predicted octanol–water partition coefficient (Wildman–Crippen LogP) is 2.11. The number of halogens is 1. The van der Waals surface area contributed by atoms with E-state index in [4.69, 9.17) is 4.74 Å². The van der Waals surface area contributed by atoms with E-state index in [0.717, 1.165) is 13.1 Å². The van der Waals surface area contributed by atoms with Crippen molar-refractivity contribution < 1.29 is 18.7 Å². The Kier molecular flexibility index (Phi) is 6.36. The molecule has 2 rings (SSSR count). The fraction of sp³-hybridized carbons (Fsp3) is 0.556. The van der Waals surface area contributed by atoms with Crippen LogP contribution in [0.5, 0.6) is 0 Å². The van der Waals surface area contributed by atoms with Gasteiger partial charge in [-0.15, -0.1) is 0 Å². The van der Waals surface area contributed by atoms with E-state index in [1.54, 1.807) is 4.90 Å². The number of hydrogen-bond donors (Lipinski definition) is 1. The fourth-order valence-corrected chi connectivity index (χ4v) is 2.51. The summed E-state index contributed by atoms with van der Waals surface area (Å²) >= 11 is 0. The largest absolute Gasteiger partial charge is 0.444 e. The molecule has 7 heteroatoms. The van der Waals surface area contributed by atoms with E-state index in [-0.39, 0.29) is 17.8 Å². The van der Waals surface area contributed by atoms with Crippen molar-refractivity contribution in [3.05, 3.63) is 35.6 Å². The maximum atomic E-state index is 12.8. The molecule has 6 nitrogen and oxygen atoms in total. The number of piperazine rings is 1. The first kappa shape index (κ1) is 19.2. The minimum Gasteiger partial charge on any atom is -0.444 e. The first-order valence-corrected chi connectivity index (χ1v) is 8.49. The molecule has 0 aromatic heterocycles. The topological polar surface area (TPSA) is 61.9 Å². The molecule has 0 radical (unpaired) electrons. The number of carbonyl (C=O) groups is 2. The Bertz CT molecular complexity index is 591. The molecule has 2 amide bonds. The van der Waals surface area contributed by atoms with Crippen molar-refractivity contribution in [2.75, 3.05) is 39.3 Å². The number of benzene rings is 1. The lowest BCUT2D eigenvalue weighted by atomic mass is 10.2. The van der Waals surface area contributed by atoms with Gasteiger partial charge in [0.05, 0.1) is 0 Å². The van der Waals surface area contributed by atoms with Crippen LogP contribution in [0.4, 0.5) is 9.18 Å². The molecule has 1 fully saturated rings. The minimum absolute atomic E-state index is 0.215. The molecule has 0 bridgehead atoms. The summed E-state index contributed by atoms with van der Waals surface area (Å²) in [4.78, 5) is 27.8. The van der Waals surface area contributed by atoms with Gasteiger partial charge in [0, 0.05) is 44.8 Å². The van der Waals surface area contributed by atoms with Crippen LogP contribution < -0.4 is 5.32 Å². The number of nitrogens with one attached hydrogen (secondary N) is 1. The number of rotatable bonds is 4. The SMILES string of the molecule is CC(C)(C)OC(=O)N1CCN(CCNC(=O)c2ccc(F)cc2)CC1. The highest BCUT2D eigenvalue weighted by molar-refractivity contribution is 5.94. The molecule has 0 saturated carbocycles. The molecule has 1 aromatic rings. The zero-order valence-electron chi connectivity index (χ0n) is 15.0. The highest BCUT2D eigenvalue weighted by Gasteiger charge is 2.25. The van der Waals surface area contributed by atoms with Crippen LogP contribution >= 0.6 is 0 Å². The lowest BCUT2D eigenvalue weighted by Crippen LogP contribution is -2.51. The van der Waals surface area contributed by atoms with Crippen molar-refractivity contribution >= 4 is 12.0 Å². The lowest BCUT2D eigenvalue weighted by molar-refractivity contribution is 0.0147. The van der Waals surface area contributed by atoms with Gasteiger partial charge in [0.1, 0.15) is 11.4 Å². The smallest absolute Gasteiger partial charge is 0.410 e. The van der Waals surface area contributed by atoms with Gasteiger partial charge in [0.15, 0.2) is 0 Å². The Morgan fingerprint density at radius 3 is 2.28 bits per heavy atom. The molecule has 25 heavy (non-hydrogen) atoms. The van der Waals surface area contributed by atoms with E-state index in [0.29, 0.717) is 31.7 Å². The Balaban J connectivity index is 1.68. The van der Waals surface area contributed by atoms with Crippen LogP contribution in [0, 0.1) is 5.82 Å². The summed E-state index contributed by atoms with van der Waals surface area (Å²) in [6, 6.07) is 5.46. The molecule has 1 heterocycles. The molecule has 0 aliphatic carbocycles. The average molecular weight is 351 g/mol. The summed E-state index contributed by atoms with van der Waals surface area (Å²) in [6.07, 6.45) is -0.281. The monoisotopic (exact) mass is 351 g/mol. The van der Waals surface area contributed by atoms with Crippen LogP contribution in [0.25, 0.3) is 0 Å². The first-order chi connectivity index (χ1) is 11.7. The van der Waals surface area contributed by atoms with E-state index in [1.165, 1.54) is 24.3 Å². The van der Waals surface area contributed by atoms with Crippen molar-refractivity contribution in [1.82, 2.24) is 15.1 Å². The van der Waals surface area contributed by atoms with E-state index in [9.17, 15) is 14.0 Å². The Morgan fingerprint density at radius 1 is 1.12 bits per heavy atom. The number of ether oxygens (including phenoxy) is 1. The van der Waals surface area contributed by atoms with Crippen molar-refractivity contribution in [2.24, 2.45) is 0 Å². The number of carbonyl (C=O) groups excluding carboxylic acids is 2. The van der Waals surface area contributed by atoms with Gasteiger partial charge in [-0.25, -0.2) is 9.18 Å². The number of nitrogens with zero attached hydrogens (tertiary/aromatic N) is 2. The lowest BCUT2D eigenvalue weighted by Gasteiger charge is -2.35.